The van der Waals surface area contributed by atoms with Gasteiger partial charge in [-0.25, -0.2) is 23.1 Å². The Morgan fingerprint density at radius 3 is 2.86 bits per heavy atom. The smallest absolute Gasteiger partial charge is 0.208 e. The van der Waals surface area contributed by atoms with E-state index in [4.69, 9.17) is 0 Å². The van der Waals surface area contributed by atoms with Crippen molar-refractivity contribution < 1.29 is 8.42 Å². The molecule has 0 saturated carbocycles. The van der Waals surface area contributed by atoms with Gasteiger partial charge in [0.25, 0.3) is 0 Å². The Balaban J connectivity index is 1.88. The van der Waals surface area contributed by atoms with E-state index in [1.165, 1.54) is 11.8 Å². The van der Waals surface area contributed by atoms with Crippen molar-refractivity contribution in [3.05, 3.63) is 23.3 Å². The number of aromatic nitrogens is 2. The summed E-state index contributed by atoms with van der Waals surface area (Å²) in [7, 11) is -3.08. The molecule has 0 aliphatic carbocycles. The molecule has 0 saturated heterocycles. The minimum atomic E-state index is -3.08. The van der Waals surface area contributed by atoms with E-state index in [0.717, 1.165) is 44.0 Å². The number of nitrogens with one attached hydrogen (secondary N) is 1. The first-order chi connectivity index (χ1) is 9.85. The number of sulfonamides is 1. The largest absolute Gasteiger partial charge is 0.297 e. The third-order valence-corrected chi connectivity index (χ3v) is 4.30. The summed E-state index contributed by atoms with van der Waals surface area (Å²) >= 11 is 0. The average Bonchev–Trinajstić information content (AvgIpc) is 2.41. The van der Waals surface area contributed by atoms with Crippen LogP contribution in [0.1, 0.15) is 43.3 Å². The topological polar surface area (TPSA) is 75.2 Å². The van der Waals surface area contributed by atoms with Crippen molar-refractivity contribution in [2.24, 2.45) is 0 Å². The van der Waals surface area contributed by atoms with Gasteiger partial charge in [0.05, 0.1) is 11.9 Å². The highest BCUT2D eigenvalue weighted by Gasteiger charge is 2.18. The van der Waals surface area contributed by atoms with Gasteiger partial charge in [-0.2, -0.15) is 0 Å². The fourth-order valence-corrected chi connectivity index (χ4v) is 2.92. The Hall–Kier alpha value is -1.05. The Kier molecular flexibility index (Phi) is 5.29. The molecular formula is C14H24N4O2S. The molecule has 0 amide bonds. The summed E-state index contributed by atoms with van der Waals surface area (Å²) in [5.74, 6) is 1.24. The number of fused-ring (bicyclic) bond motifs is 1. The third kappa shape index (κ3) is 5.01. The molecule has 7 heteroatoms. The van der Waals surface area contributed by atoms with Crippen LogP contribution in [-0.2, 0) is 23.0 Å². The van der Waals surface area contributed by atoms with Crippen molar-refractivity contribution in [2.75, 3.05) is 25.9 Å². The number of nitrogens with zero attached hydrogens (tertiary/aromatic N) is 3. The van der Waals surface area contributed by atoms with E-state index < -0.39 is 10.0 Å². The molecule has 118 valence electrons. The summed E-state index contributed by atoms with van der Waals surface area (Å²) in [4.78, 5) is 11.4. The quantitative estimate of drug-likeness (QED) is 0.790. The van der Waals surface area contributed by atoms with Crippen LogP contribution in [0.2, 0.25) is 0 Å². The van der Waals surface area contributed by atoms with Gasteiger partial charge in [-0.05, 0) is 24.9 Å². The van der Waals surface area contributed by atoms with Crippen LogP contribution < -0.4 is 4.72 Å². The highest BCUT2D eigenvalue weighted by molar-refractivity contribution is 7.88. The van der Waals surface area contributed by atoms with Gasteiger partial charge in [0.1, 0.15) is 5.82 Å². The molecule has 2 heterocycles. The van der Waals surface area contributed by atoms with Crippen molar-refractivity contribution in [1.82, 2.24) is 19.6 Å². The van der Waals surface area contributed by atoms with E-state index >= 15 is 0 Å². The van der Waals surface area contributed by atoms with Gasteiger partial charge in [0, 0.05) is 31.7 Å². The average molecular weight is 312 g/mol. The monoisotopic (exact) mass is 312 g/mol. The van der Waals surface area contributed by atoms with Gasteiger partial charge in [0.15, 0.2) is 0 Å². The number of rotatable bonds is 6. The third-order valence-electron chi connectivity index (χ3n) is 3.58. The summed E-state index contributed by atoms with van der Waals surface area (Å²) in [6.07, 6.45) is 4.92. The molecule has 0 aromatic carbocycles. The SMILES string of the molecule is CC(C)c1ncc2c(n1)CN(CCCNS(C)(=O)=O)CC2. The lowest BCUT2D eigenvalue weighted by molar-refractivity contribution is 0.246. The molecule has 0 atom stereocenters. The molecule has 6 nitrogen and oxygen atoms in total. The molecule has 1 aromatic heterocycles. The van der Waals surface area contributed by atoms with Crippen LogP contribution in [-0.4, -0.2) is 49.2 Å². The number of hydrogen-bond acceptors (Lipinski definition) is 5. The molecule has 1 aliphatic rings. The Morgan fingerprint density at radius 1 is 1.43 bits per heavy atom. The summed E-state index contributed by atoms with van der Waals surface area (Å²) < 4.78 is 24.5. The van der Waals surface area contributed by atoms with Gasteiger partial charge in [0.2, 0.25) is 10.0 Å². The summed E-state index contributed by atoms with van der Waals surface area (Å²) in [6.45, 7) is 7.37. The van der Waals surface area contributed by atoms with E-state index in [2.05, 4.69) is 33.4 Å². The molecule has 0 spiro atoms. The maximum atomic E-state index is 11.0. The minimum absolute atomic E-state index is 0.338. The van der Waals surface area contributed by atoms with E-state index in [0.29, 0.717) is 12.5 Å². The molecule has 1 aliphatic heterocycles. The lowest BCUT2D eigenvalue weighted by Crippen LogP contribution is -2.34. The van der Waals surface area contributed by atoms with Crippen molar-refractivity contribution >= 4 is 10.0 Å². The van der Waals surface area contributed by atoms with Crippen LogP contribution >= 0.6 is 0 Å². The Morgan fingerprint density at radius 2 is 2.19 bits per heavy atom. The van der Waals surface area contributed by atoms with Gasteiger partial charge >= 0.3 is 0 Å². The second kappa shape index (κ2) is 6.81. The van der Waals surface area contributed by atoms with Crippen LogP contribution in [0.3, 0.4) is 0 Å². The van der Waals surface area contributed by atoms with Crippen LogP contribution in [0.4, 0.5) is 0 Å². The maximum Gasteiger partial charge on any atom is 0.208 e. The molecule has 1 N–H and O–H groups in total. The van der Waals surface area contributed by atoms with Crippen LogP contribution in [0.5, 0.6) is 0 Å². The van der Waals surface area contributed by atoms with Gasteiger partial charge in [-0.1, -0.05) is 13.8 Å². The predicted octanol–water partition coefficient (Wildman–Crippen LogP) is 0.897. The molecule has 1 aromatic rings. The molecule has 0 radical (unpaired) electrons. The summed E-state index contributed by atoms with van der Waals surface area (Å²) in [5, 5.41) is 0. The van der Waals surface area contributed by atoms with Crippen molar-refractivity contribution in [3.63, 3.8) is 0 Å². The second-order valence-electron chi connectivity index (χ2n) is 5.90. The van der Waals surface area contributed by atoms with Crippen LogP contribution in [0.15, 0.2) is 6.20 Å². The summed E-state index contributed by atoms with van der Waals surface area (Å²) in [5.41, 5.74) is 2.36. The molecule has 0 bridgehead atoms. The summed E-state index contributed by atoms with van der Waals surface area (Å²) in [6, 6.07) is 0. The molecule has 0 fully saturated rings. The maximum absolute atomic E-state index is 11.0. The van der Waals surface area contributed by atoms with Gasteiger partial charge in [-0.15, -0.1) is 0 Å². The van der Waals surface area contributed by atoms with Crippen molar-refractivity contribution in [3.8, 4) is 0 Å². The second-order valence-corrected chi connectivity index (χ2v) is 7.73. The zero-order valence-corrected chi connectivity index (χ0v) is 13.8. The first kappa shape index (κ1) is 16.3. The standard InChI is InChI=1S/C14H24N4O2S/c1-11(2)14-15-9-12-5-8-18(10-13(12)17-14)7-4-6-16-21(3,19)20/h9,11,16H,4-8,10H2,1-3H3. The van der Waals surface area contributed by atoms with Crippen LogP contribution in [0, 0.1) is 0 Å². The predicted molar refractivity (Wildman–Crippen MR) is 82.6 cm³/mol. The fraction of sp³-hybridized carbons (Fsp3) is 0.714. The molecule has 0 unspecified atom stereocenters. The minimum Gasteiger partial charge on any atom is -0.297 e. The fourth-order valence-electron chi connectivity index (χ4n) is 2.40. The zero-order chi connectivity index (χ0) is 15.5. The molecule has 21 heavy (non-hydrogen) atoms. The van der Waals surface area contributed by atoms with Gasteiger partial charge in [-0.3, -0.25) is 4.90 Å². The van der Waals surface area contributed by atoms with Crippen molar-refractivity contribution in [1.29, 1.82) is 0 Å². The first-order valence-electron chi connectivity index (χ1n) is 7.37. The Labute approximate surface area is 127 Å². The molecule has 2 rings (SSSR count). The highest BCUT2D eigenvalue weighted by Crippen LogP contribution is 2.18. The molecular weight excluding hydrogens is 288 g/mol. The number of hydrogen-bond donors (Lipinski definition) is 1. The van der Waals surface area contributed by atoms with Crippen LogP contribution in [0.25, 0.3) is 0 Å². The Bertz CT molecular complexity index is 587. The van der Waals surface area contributed by atoms with E-state index in [1.54, 1.807) is 0 Å². The lowest BCUT2D eigenvalue weighted by atomic mass is 10.1. The van der Waals surface area contributed by atoms with E-state index in [-0.39, 0.29) is 0 Å². The van der Waals surface area contributed by atoms with Crippen molar-refractivity contribution in [2.45, 2.75) is 39.2 Å². The van der Waals surface area contributed by atoms with Gasteiger partial charge < -0.3 is 0 Å². The van der Waals surface area contributed by atoms with E-state index in [9.17, 15) is 8.42 Å². The van der Waals surface area contributed by atoms with E-state index in [1.807, 2.05) is 6.20 Å². The lowest BCUT2D eigenvalue weighted by Gasteiger charge is -2.28. The normalized spacial score (nSPS) is 16.2. The highest BCUT2D eigenvalue weighted by atomic mass is 32.2. The zero-order valence-electron chi connectivity index (χ0n) is 13.0. The first-order valence-corrected chi connectivity index (χ1v) is 9.26.